The van der Waals surface area contributed by atoms with Gasteiger partial charge in [-0.15, -0.1) is 0 Å². The molecule has 0 aliphatic carbocycles. The summed E-state index contributed by atoms with van der Waals surface area (Å²) in [6.45, 7) is 7.06. The highest BCUT2D eigenvalue weighted by Gasteiger charge is 2.26. The Hall–Kier alpha value is -2.40. The number of nitriles is 1. The van der Waals surface area contributed by atoms with Crippen LogP contribution in [0.25, 0.3) is 11.0 Å². The summed E-state index contributed by atoms with van der Waals surface area (Å²) in [7, 11) is 0. The minimum Gasteiger partial charge on any atom is -0.393 e. The maximum atomic E-state index is 9.77. The predicted molar refractivity (Wildman–Crippen MR) is 74.8 cm³/mol. The van der Waals surface area contributed by atoms with Crippen LogP contribution in [0.4, 0.5) is 11.8 Å². The first-order chi connectivity index (χ1) is 9.65. The van der Waals surface area contributed by atoms with E-state index in [9.17, 15) is 5.11 Å². The van der Waals surface area contributed by atoms with Crippen LogP contribution in [-0.2, 0) is 0 Å². The average molecular weight is 275 g/mol. The van der Waals surface area contributed by atoms with Crippen LogP contribution in [0.15, 0.2) is 6.20 Å². The van der Waals surface area contributed by atoms with Gasteiger partial charge in [0.15, 0.2) is 5.65 Å². The summed E-state index contributed by atoms with van der Waals surface area (Å²) in [5.74, 6) is 1.25. The SMILES string of the molecule is C#N.CC1CN(c2nc(N)nc3[nH]ncc23)CCC1O. The highest BCUT2D eigenvalue weighted by atomic mass is 16.3. The number of hydrogen-bond donors (Lipinski definition) is 3. The Bertz CT molecular complexity index is 608. The van der Waals surface area contributed by atoms with Gasteiger partial charge in [-0.2, -0.15) is 15.1 Å². The van der Waals surface area contributed by atoms with Gasteiger partial charge < -0.3 is 15.7 Å². The van der Waals surface area contributed by atoms with E-state index in [2.05, 4.69) is 31.6 Å². The monoisotopic (exact) mass is 275 g/mol. The molecule has 1 aliphatic heterocycles. The fourth-order valence-corrected chi connectivity index (χ4v) is 2.40. The third kappa shape index (κ3) is 2.48. The largest absolute Gasteiger partial charge is 0.393 e. The molecule has 3 heterocycles. The van der Waals surface area contributed by atoms with Crippen LogP contribution in [0.1, 0.15) is 13.3 Å². The van der Waals surface area contributed by atoms with Crippen molar-refractivity contribution in [1.29, 1.82) is 5.26 Å². The number of fused-ring (bicyclic) bond motifs is 1. The lowest BCUT2D eigenvalue weighted by Gasteiger charge is -2.35. The number of H-pyrrole nitrogens is 1. The van der Waals surface area contributed by atoms with Crippen molar-refractivity contribution >= 4 is 22.8 Å². The van der Waals surface area contributed by atoms with E-state index < -0.39 is 0 Å². The van der Waals surface area contributed by atoms with E-state index in [1.165, 1.54) is 0 Å². The molecule has 2 aromatic heterocycles. The van der Waals surface area contributed by atoms with E-state index in [1.54, 1.807) is 6.20 Å². The molecule has 2 unspecified atom stereocenters. The van der Waals surface area contributed by atoms with Crippen molar-refractivity contribution in [3.05, 3.63) is 6.20 Å². The van der Waals surface area contributed by atoms with Crippen LogP contribution in [0, 0.1) is 17.8 Å². The first-order valence-electron chi connectivity index (χ1n) is 6.30. The third-order valence-corrected chi connectivity index (χ3v) is 3.47. The molecule has 3 rings (SSSR count). The molecule has 0 saturated carbocycles. The molecule has 106 valence electrons. The number of aromatic nitrogens is 4. The second kappa shape index (κ2) is 5.71. The van der Waals surface area contributed by atoms with E-state index >= 15 is 0 Å². The zero-order valence-electron chi connectivity index (χ0n) is 11.2. The Kier molecular flexibility index (Phi) is 4.00. The Morgan fingerprint density at radius 2 is 2.25 bits per heavy atom. The van der Waals surface area contributed by atoms with Gasteiger partial charge >= 0.3 is 0 Å². The number of nitrogens with zero attached hydrogens (tertiary/aromatic N) is 5. The zero-order valence-corrected chi connectivity index (χ0v) is 11.2. The fraction of sp³-hybridized carbons (Fsp3) is 0.500. The third-order valence-electron chi connectivity index (χ3n) is 3.47. The lowest BCUT2D eigenvalue weighted by atomic mass is 9.97. The number of aliphatic hydroxyl groups excluding tert-OH is 1. The van der Waals surface area contributed by atoms with Crippen LogP contribution in [0.5, 0.6) is 0 Å². The van der Waals surface area contributed by atoms with Gasteiger partial charge in [0, 0.05) is 19.7 Å². The van der Waals surface area contributed by atoms with Crippen LogP contribution < -0.4 is 10.6 Å². The molecule has 2 atom stereocenters. The molecule has 8 heteroatoms. The predicted octanol–water partition coefficient (Wildman–Crippen LogP) is 0.282. The molecule has 1 saturated heterocycles. The number of anilines is 2. The molecule has 1 fully saturated rings. The highest BCUT2D eigenvalue weighted by Crippen LogP contribution is 2.27. The Balaban J connectivity index is 0.000000704. The standard InChI is InChI=1S/C11H16N6O.CHN/c1-6-5-17(3-2-8(6)18)10-7-4-13-16-9(7)14-11(12)15-10;1-2/h4,6,8,18H,2-3,5H2,1H3,(H3,12,13,14,15,16);1H. The first-order valence-corrected chi connectivity index (χ1v) is 6.30. The normalized spacial score (nSPS) is 22.3. The number of nitrogens with two attached hydrogens (primary N) is 1. The molecule has 8 nitrogen and oxygen atoms in total. The van der Waals surface area contributed by atoms with Crippen molar-refractivity contribution in [3.63, 3.8) is 0 Å². The van der Waals surface area contributed by atoms with Crippen molar-refractivity contribution in [2.24, 2.45) is 5.92 Å². The summed E-state index contributed by atoms with van der Waals surface area (Å²) < 4.78 is 0. The van der Waals surface area contributed by atoms with Crippen molar-refractivity contribution < 1.29 is 5.11 Å². The van der Waals surface area contributed by atoms with Crippen molar-refractivity contribution in [2.75, 3.05) is 23.7 Å². The maximum Gasteiger partial charge on any atom is 0.224 e. The zero-order chi connectivity index (χ0) is 14.7. The molecule has 0 amide bonds. The van der Waals surface area contributed by atoms with E-state index in [1.807, 2.05) is 6.92 Å². The molecule has 20 heavy (non-hydrogen) atoms. The van der Waals surface area contributed by atoms with Gasteiger partial charge in [0.25, 0.3) is 0 Å². The van der Waals surface area contributed by atoms with Crippen molar-refractivity contribution in [3.8, 4) is 6.57 Å². The number of hydrogen-bond acceptors (Lipinski definition) is 7. The average Bonchev–Trinajstić information content (AvgIpc) is 2.91. The van der Waals surface area contributed by atoms with Gasteiger partial charge in [-0.05, 0) is 12.3 Å². The van der Waals surface area contributed by atoms with E-state index in [0.29, 0.717) is 5.65 Å². The summed E-state index contributed by atoms with van der Waals surface area (Å²) >= 11 is 0. The van der Waals surface area contributed by atoms with Crippen LogP contribution in [-0.4, -0.2) is 44.5 Å². The lowest BCUT2D eigenvalue weighted by Crippen LogP contribution is -2.42. The topological polar surface area (TPSA) is 128 Å². The molecule has 4 N–H and O–H groups in total. The van der Waals surface area contributed by atoms with Crippen molar-refractivity contribution in [1.82, 2.24) is 20.2 Å². The number of piperidine rings is 1. The first kappa shape index (κ1) is 14.0. The smallest absolute Gasteiger partial charge is 0.224 e. The minimum absolute atomic E-state index is 0.219. The van der Waals surface area contributed by atoms with Gasteiger partial charge in [-0.25, -0.2) is 5.26 Å². The summed E-state index contributed by atoms with van der Waals surface area (Å²) in [5, 5.41) is 23.9. The summed E-state index contributed by atoms with van der Waals surface area (Å²) in [4.78, 5) is 10.5. The molecule has 2 aromatic rings. The highest BCUT2D eigenvalue weighted by molar-refractivity contribution is 5.87. The number of aromatic amines is 1. The number of aliphatic hydroxyl groups is 1. The number of rotatable bonds is 1. The van der Waals surface area contributed by atoms with E-state index in [4.69, 9.17) is 11.0 Å². The van der Waals surface area contributed by atoms with Gasteiger partial charge in [0.2, 0.25) is 5.95 Å². The molecule has 0 aromatic carbocycles. The van der Waals surface area contributed by atoms with E-state index in [0.717, 1.165) is 30.7 Å². The van der Waals surface area contributed by atoms with E-state index in [-0.39, 0.29) is 18.0 Å². The van der Waals surface area contributed by atoms with Gasteiger partial charge in [-0.1, -0.05) is 6.92 Å². The minimum atomic E-state index is -0.236. The molecule has 0 radical (unpaired) electrons. The summed E-state index contributed by atoms with van der Waals surface area (Å²) in [6.07, 6.45) is 2.21. The Morgan fingerprint density at radius 1 is 1.50 bits per heavy atom. The van der Waals surface area contributed by atoms with Gasteiger partial charge in [0.1, 0.15) is 5.82 Å². The van der Waals surface area contributed by atoms with Gasteiger partial charge in [-0.3, -0.25) is 5.10 Å². The Labute approximate surface area is 116 Å². The van der Waals surface area contributed by atoms with Crippen molar-refractivity contribution in [2.45, 2.75) is 19.4 Å². The molecular weight excluding hydrogens is 258 g/mol. The number of nitrogens with one attached hydrogen (secondary N) is 1. The molecular formula is C12H17N7O. The quantitative estimate of drug-likeness (QED) is 0.682. The second-order valence-electron chi connectivity index (χ2n) is 4.82. The van der Waals surface area contributed by atoms with Crippen LogP contribution >= 0.6 is 0 Å². The molecule has 0 spiro atoms. The lowest BCUT2D eigenvalue weighted by molar-refractivity contribution is 0.0970. The summed E-state index contributed by atoms with van der Waals surface area (Å²) in [6, 6.07) is 0. The van der Waals surface area contributed by atoms with Gasteiger partial charge in [0.05, 0.1) is 17.7 Å². The fourth-order valence-electron chi connectivity index (χ4n) is 2.40. The van der Waals surface area contributed by atoms with Crippen LogP contribution in [0.3, 0.4) is 0 Å². The molecule has 0 bridgehead atoms. The summed E-state index contributed by atoms with van der Waals surface area (Å²) in [5.41, 5.74) is 6.36. The Morgan fingerprint density at radius 3 is 2.95 bits per heavy atom. The second-order valence-corrected chi connectivity index (χ2v) is 4.82. The maximum absolute atomic E-state index is 9.77. The molecule has 1 aliphatic rings. The van der Waals surface area contributed by atoms with Crippen LogP contribution in [0.2, 0.25) is 0 Å². The number of nitrogen functional groups attached to an aromatic ring is 1.